The van der Waals surface area contributed by atoms with Crippen molar-refractivity contribution in [3.8, 4) is 0 Å². The number of benzene rings is 2. The summed E-state index contributed by atoms with van der Waals surface area (Å²) < 4.78 is 13.4. The molecule has 0 saturated heterocycles. The van der Waals surface area contributed by atoms with Crippen LogP contribution >= 0.6 is 0 Å². The largest absolute Gasteiger partial charge is 0.342 e. The number of imidazole rings is 1. The van der Waals surface area contributed by atoms with Gasteiger partial charge in [0.15, 0.2) is 0 Å². The molecule has 0 aliphatic carbocycles. The molecule has 7 heteroatoms. The Morgan fingerprint density at radius 3 is 2.58 bits per heavy atom. The second-order valence-electron chi connectivity index (χ2n) is 5.18. The maximum absolute atomic E-state index is 13.4. The normalized spacial score (nSPS) is 10.5. The number of carbonyl (C=O) groups is 2. The molecule has 0 bridgehead atoms. The second-order valence-corrected chi connectivity index (χ2v) is 5.18. The minimum absolute atomic E-state index is 0.130. The number of rotatable bonds is 4. The van der Waals surface area contributed by atoms with E-state index in [2.05, 4.69) is 20.8 Å². The first-order valence-electron chi connectivity index (χ1n) is 7.41. The van der Waals surface area contributed by atoms with Gasteiger partial charge in [-0.15, -0.1) is 0 Å². The molecule has 0 unspecified atom stereocenters. The van der Waals surface area contributed by atoms with Crippen LogP contribution in [0.1, 0.15) is 22.6 Å². The van der Waals surface area contributed by atoms with Gasteiger partial charge in [-0.3, -0.25) is 20.4 Å². The van der Waals surface area contributed by atoms with Crippen LogP contribution in [0.2, 0.25) is 0 Å². The van der Waals surface area contributed by atoms with E-state index in [0.717, 1.165) is 11.0 Å². The molecule has 1 aromatic heterocycles. The average molecular weight is 326 g/mol. The lowest BCUT2D eigenvalue weighted by Gasteiger charge is -2.07. The summed E-state index contributed by atoms with van der Waals surface area (Å²) in [6, 6.07) is 13.1. The van der Waals surface area contributed by atoms with E-state index in [1.165, 1.54) is 18.2 Å². The number of hydrazine groups is 1. The Labute approximate surface area is 137 Å². The lowest BCUT2D eigenvalue weighted by molar-refractivity contribution is -0.121. The SMILES string of the molecule is O=C(CCc1nc2ccccc2[nH]1)NNC(=O)c1ccccc1F. The number of H-pyrrole nitrogens is 1. The zero-order valence-corrected chi connectivity index (χ0v) is 12.7. The summed E-state index contributed by atoms with van der Waals surface area (Å²) in [6.45, 7) is 0. The van der Waals surface area contributed by atoms with Crippen molar-refractivity contribution in [3.05, 3.63) is 65.7 Å². The molecule has 3 rings (SSSR count). The van der Waals surface area contributed by atoms with E-state index in [0.29, 0.717) is 12.2 Å². The third kappa shape index (κ3) is 3.57. The highest BCUT2D eigenvalue weighted by atomic mass is 19.1. The highest BCUT2D eigenvalue weighted by Gasteiger charge is 2.12. The van der Waals surface area contributed by atoms with Gasteiger partial charge in [0.2, 0.25) is 5.91 Å². The molecule has 2 aromatic carbocycles. The van der Waals surface area contributed by atoms with Crippen molar-refractivity contribution in [2.24, 2.45) is 0 Å². The summed E-state index contributed by atoms with van der Waals surface area (Å²) in [7, 11) is 0. The minimum atomic E-state index is -0.704. The van der Waals surface area contributed by atoms with Crippen molar-refractivity contribution in [2.45, 2.75) is 12.8 Å². The van der Waals surface area contributed by atoms with Crippen LogP contribution in [0, 0.1) is 5.82 Å². The van der Waals surface area contributed by atoms with Crippen molar-refractivity contribution < 1.29 is 14.0 Å². The molecule has 1 heterocycles. The topological polar surface area (TPSA) is 86.9 Å². The number of para-hydroxylation sites is 2. The number of aromatic nitrogens is 2. The lowest BCUT2D eigenvalue weighted by Crippen LogP contribution is -2.42. The van der Waals surface area contributed by atoms with Crippen molar-refractivity contribution in [1.29, 1.82) is 0 Å². The first-order chi connectivity index (χ1) is 11.6. The number of amides is 2. The maximum atomic E-state index is 13.4. The van der Waals surface area contributed by atoms with Gasteiger partial charge in [0.05, 0.1) is 16.6 Å². The van der Waals surface area contributed by atoms with Gasteiger partial charge in [0, 0.05) is 12.8 Å². The molecular formula is C17H15FN4O2. The summed E-state index contributed by atoms with van der Waals surface area (Å²) in [5.74, 6) is -1.05. The third-order valence-electron chi connectivity index (χ3n) is 3.46. The van der Waals surface area contributed by atoms with Crippen LogP contribution in [0.4, 0.5) is 4.39 Å². The molecule has 0 spiro atoms. The van der Waals surface area contributed by atoms with E-state index in [9.17, 15) is 14.0 Å². The van der Waals surface area contributed by atoms with E-state index in [4.69, 9.17) is 0 Å². The van der Waals surface area contributed by atoms with Crippen LogP contribution in [0.15, 0.2) is 48.5 Å². The number of fused-ring (bicyclic) bond motifs is 1. The molecule has 6 nitrogen and oxygen atoms in total. The molecule has 2 amide bonds. The molecular weight excluding hydrogens is 311 g/mol. The molecule has 0 saturated carbocycles. The molecule has 0 atom stereocenters. The smallest absolute Gasteiger partial charge is 0.272 e. The third-order valence-corrected chi connectivity index (χ3v) is 3.46. The van der Waals surface area contributed by atoms with Gasteiger partial charge in [-0.25, -0.2) is 9.37 Å². The van der Waals surface area contributed by atoms with Gasteiger partial charge in [0.1, 0.15) is 11.6 Å². The van der Waals surface area contributed by atoms with Gasteiger partial charge < -0.3 is 4.98 Å². The summed E-state index contributed by atoms with van der Waals surface area (Å²) in [5, 5.41) is 0. The van der Waals surface area contributed by atoms with Crippen LogP contribution in [-0.4, -0.2) is 21.8 Å². The Balaban J connectivity index is 1.51. The molecule has 24 heavy (non-hydrogen) atoms. The second kappa shape index (κ2) is 6.91. The van der Waals surface area contributed by atoms with Gasteiger partial charge in [-0.05, 0) is 24.3 Å². The fourth-order valence-electron chi connectivity index (χ4n) is 2.26. The number of aromatic amines is 1. The predicted molar refractivity (Wildman–Crippen MR) is 86.4 cm³/mol. The number of aryl methyl sites for hydroxylation is 1. The van der Waals surface area contributed by atoms with Crippen molar-refractivity contribution >= 4 is 22.8 Å². The summed E-state index contributed by atoms with van der Waals surface area (Å²) in [5.41, 5.74) is 6.07. The predicted octanol–water partition coefficient (Wildman–Crippen LogP) is 2.10. The monoisotopic (exact) mass is 326 g/mol. The fraction of sp³-hybridized carbons (Fsp3) is 0.118. The molecule has 0 aliphatic heterocycles. The molecule has 3 N–H and O–H groups in total. The molecule has 122 valence electrons. The molecule has 0 radical (unpaired) electrons. The van der Waals surface area contributed by atoms with Crippen molar-refractivity contribution in [1.82, 2.24) is 20.8 Å². The van der Waals surface area contributed by atoms with Gasteiger partial charge in [-0.2, -0.15) is 0 Å². The zero-order valence-electron chi connectivity index (χ0n) is 12.7. The summed E-state index contributed by atoms with van der Waals surface area (Å²) in [4.78, 5) is 31.1. The Kier molecular flexibility index (Phi) is 4.51. The summed E-state index contributed by atoms with van der Waals surface area (Å²) >= 11 is 0. The van der Waals surface area contributed by atoms with E-state index in [1.807, 2.05) is 24.3 Å². The Bertz CT molecular complexity index is 858. The van der Waals surface area contributed by atoms with Crippen LogP contribution in [0.3, 0.4) is 0 Å². The van der Waals surface area contributed by atoms with Gasteiger partial charge >= 0.3 is 0 Å². The first kappa shape index (κ1) is 15.7. The van der Waals surface area contributed by atoms with Gasteiger partial charge in [-0.1, -0.05) is 24.3 Å². The van der Waals surface area contributed by atoms with E-state index >= 15 is 0 Å². The number of halogens is 1. The van der Waals surface area contributed by atoms with Crippen molar-refractivity contribution in [2.75, 3.05) is 0 Å². The molecule has 0 aliphatic rings. The zero-order chi connectivity index (χ0) is 16.9. The van der Waals surface area contributed by atoms with Crippen LogP contribution in [0.25, 0.3) is 11.0 Å². The highest BCUT2D eigenvalue weighted by molar-refractivity contribution is 5.95. The van der Waals surface area contributed by atoms with E-state index in [1.54, 1.807) is 6.07 Å². The number of carbonyl (C=O) groups excluding carboxylic acids is 2. The minimum Gasteiger partial charge on any atom is -0.342 e. The quantitative estimate of drug-likeness (QED) is 0.642. The highest BCUT2D eigenvalue weighted by Crippen LogP contribution is 2.11. The van der Waals surface area contributed by atoms with E-state index in [-0.39, 0.29) is 17.9 Å². The standard InChI is InChI=1S/C17H15FN4O2/c18-12-6-2-1-5-11(12)17(24)22-21-16(23)10-9-15-19-13-7-3-4-8-14(13)20-15/h1-8H,9-10H2,(H,19,20)(H,21,23)(H,22,24). The van der Waals surface area contributed by atoms with Crippen LogP contribution in [0.5, 0.6) is 0 Å². The maximum Gasteiger partial charge on any atom is 0.272 e. The number of nitrogens with one attached hydrogen (secondary N) is 3. The fourth-order valence-corrected chi connectivity index (χ4v) is 2.26. The first-order valence-corrected chi connectivity index (χ1v) is 7.41. The Morgan fingerprint density at radius 2 is 1.79 bits per heavy atom. The average Bonchev–Trinajstić information content (AvgIpc) is 3.01. The Hall–Kier alpha value is -3.22. The van der Waals surface area contributed by atoms with Crippen LogP contribution in [-0.2, 0) is 11.2 Å². The lowest BCUT2D eigenvalue weighted by atomic mass is 10.2. The van der Waals surface area contributed by atoms with Crippen molar-refractivity contribution in [3.63, 3.8) is 0 Å². The molecule has 0 fully saturated rings. The van der Waals surface area contributed by atoms with Gasteiger partial charge in [0.25, 0.3) is 5.91 Å². The number of hydrogen-bond donors (Lipinski definition) is 3. The Morgan fingerprint density at radius 1 is 1.04 bits per heavy atom. The number of nitrogens with zero attached hydrogens (tertiary/aromatic N) is 1. The number of hydrogen-bond acceptors (Lipinski definition) is 3. The summed E-state index contributed by atoms with van der Waals surface area (Å²) in [6.07, 6.45) is 0.535. The van der Waals surface area contributed by atoms with Crippen LogP contribution < -0.4 is 10.9 Å². The van der Waals surface area contributed by atoms with E-state index < -0.39 is 11.7 Å². The molecule has 3 aromatic rings.